The summed E-state index contributed by atoms with van der Waals surface area (Å²) < 4.78 is 9.86. The summed E-state index contributed by atoms with van der Waals surface area (Å²) in [6, 6.07) is 0. The molecule has 0 amide bonds. The maximum absolute atomic E-state index is 11.4. The maximum Gasteiger partial charge on any atom is 0.351 e. The molecule has 0 aromatic carbocycles. The van der Waals surface area contributed by atoms with Gasteiger partial charge in [0.25, 0.3) is 0 Å². The molecule has 0 unspecified atom stereocenters. The smallest absolute Gasteiger partial charge is 0.351 e. The number of aromatic nitrogens is 1. The van der Waals surface area contributed by atoms with Gasteiger partial charge in [-0.2, -0.15) is 0 Å². The van der Waals surface area contributed by atoms with E-state index in [2.05, 4.69) is 9.72 Å². The van der Waals surface area contributed by atoms with Crippen LogP contribution < -0.4 is 4.90 Å². The van der Waals surface area contributed by atoms with Crippen molar-refractivity contribution in [2.45, 2.75) is 0 Å². The first-order valence-electron chi connectivity index (χ1n) is 4.79. The summed E-state index contributed by atoms with van der Waals surface area (Å²) in [5.74, 6) is -0.443. The van der Waals surface area contributed by atoms with Gasteiger partial charge in [-0.1, -0.05) is 22.9 Å². The Hall–Kier alpha value is -0.850. The van der Waals surface area contributed by atoms with Gasteiger partial charge in [0.2, 0.25) is 0 Å². The van der Waals surface area contributed by atoms with Crippen LogP contribution in [-0.2, 0) is 9.47 Å². The van der Waals surface area contributed by atoms with Crippen molar-refractivity contribution in [1.29, 1.82) is 0 Å². The van der Waals surface area contributed by atoms with Gasteiger partial charge >= 0.3 is 5.97 Å². The molecule has 0 N–H and O–H groups in total. The monoisotopic (exact) mass is 262 g/mol. The summed E-state index contributed by atoms with van der Waals surface area (Å²) in [5.41, 5.74) is 0. The van der Waals surface area contributed by atoms with Crippen LogP contribution in [0.2, 0.25) is 5.15 Å². The van der Waals surface area contributed by atoms with Gasteiger partial charge in [-0.15, -0.1) is 0 Å². The summed E-state index contributed by atoms with van der Waals surface area (Å²) >= 11 is 7.13. The normalized spacial score (nSPS) is 16.2. The van der Waals surface area contributed by atoms with Crippen LogP contribution in [0.15, 0.2) is 0 Å². The van der Waals surface area contributed by atoms with Gasteiger partial charge in [-0.3, -0.25) is 0 Å². The molecule has 0 atom stereocenters. The van der Waals surface area contributed by atoms with Crippen LogP contribution in [0.4, 0.5) is 5.13 Å². The minimum absolute atomic E-state index is 0.207. The van der Waals surface area contributed by atoms with Crippen molar-refractivity contribution in [1.82, 2.24) is 4.98 Å². The molecule has 16 heavy (non-hydrogen) atoms. The molecule has 0 aliphatic carbocycles. The van der Waals surface area contributed by atoms with Crippen LogP contribution in [0.3, 0.4) is 0 Å². The average molecular weight is 263 g/mol. The number of hydrogen-bond donors (Lipinski definition) is 0. The van der Waals surface area contributed by atoms with Gasteiger partial charge < -0.3 is 14.4 Å². The Balaban J connectivity index is 2.19. The minimum Gasteiger partial charge on any atom is -0.465 e. The number of halogens is 1. The third-order valence-electron chi connectivity index (χ3n) is 2.23. The molecule has 7 heteroatoms. The number of esters is 1. The van der Waals surface area contributed by atoms with E-state index in [9.17, 15) is 4.79 Å². The molecule has 2 rings (SSSR count). The fourth-order valence-corrected chi connectivity index (χ4v) is 2.65. The zero-order valence-electron chi connectivity index (χ0n) is 8.73. The highest BCUT2D eigenvalue weighted by atomic mass is 35.5. The van der Waals surface area contributed by atoms with Crippen molar-refractivity contribution >= 4 is 34.0 Å². The highest BCUT2D eigenvalue weighted by Crippen LogP contribution is 2.30. The van der Waals surface area contributed by atoms with Crippen LogP contribution in [0.25, 0.3) is 0 Å². The second-order valence-corrected chi connectivity index (χ2v) is 4.54. The highest BCUT2D eigenvalue weighted by molar-refractivity contribution is 7.18. The average Bonchev–Trinajstić information content (AvgIpc) is 2.71. The molecule has 2 heterocycles. The lowest BCUT2D eigenvalue weighted by molar-refractivity contribution is 0.0606. The topological polar surface area (TPSA) is 51.7 Å². The number of anilines is 1. The summed E-state index contributed by atoms with van der Waals surface area (Å²) in [6.07, 6.45) is 0. The standard InChI is InChI=1S/C9H11ClN2O3S/c1-14-8(13)6-7(10)11-9(16-6)12-2-4-15-5-3-12/h2-5H2,1H3. The third kappa shape index (κ3) is 2.28. The van der Waals surface area contributed by atoms with E-state index < -0.39 is 5.97 Å². The second-order valence-electron chi connectivity index (χ2n) is 3.21. The Morgan fingerprint density at radius 3 is 2.88 bits per heavy atom. The number of hydrogen-bond acceptors (Lipinski definition) is 6. The molecule has 0 saturated carbocycles. The van der Waals surface area contributed by atoms with Crippen molar-refractivity contribution in [2.24, 2.45) is 0 Å². The Labute approximate surface area is 102 Å². The van der Waals surface area contributed by atoms with E-state index in [0.29, 0.717) is 18.1 Å². The van der Waals surface area contributed by atoms with Gasteiger partial charge in [-0.05, 0) is 0 Å². The fourth-order valence-electron chi connectivity index (χ4n) is 1.40. The molecule has 1 fully saturated rings. The number of methoxy groups -OCH3 is 1. The lowest BCUT2D eigenvalue weighted by Gasteiger charge is -2.25. The summed E-state index contributed by atoms with van der Waals surface area (Å²) in [7, 11) is 1.33. The first-order valence-corrected chi connectivity index (χ1v) is 5.99. The number of carbonyl (C=O) groups excluding carboxylic acids is 1. The van der Waals surface area contributed by atoms with Crippen molar-refractivity contribution in [3.63, 3.8) is 0 Å². The second kappa shape index (κ2) is 4.99. The van der Waals surface area contributed by atoms with Gasteiger partial charge in [-0.25, -0.2) is 9.78 Å². The molecule has 0 spiro atoms. The first-order chi connectivity index (χ1) is 7.72. The van der Waals surface area contributed by atoms with Gasteiger partial charge in [0.15, 0.2) is 15.2 Å². The highest BCUT2D eigenvalue weighted by Gasteiger charge is 2.21. The van der Waals surface area contributed by atoms with E-state index in [1.54, 1.807) is 0 Å². The number of ether oxygens (including phenoxy) is 2. The van der Waals surface area contributed by atoms with Crippen LogP contribution >= 0.6 is 22.9 Å². The zero-order chi connectivity index (χ0) is 11.5. The lowest BCUT2D eigenvalue weighted by Crippen LogP contribution is -2.36. The van der Waals surface area contributed by atoms with E-state index in [-0.39, 0.29) is 5.15 Å². The summed E-state index contributed by atoms with van der Waals surface area (Å²) in [5, 5.41) is 0.951. The van der Waals surface area contributed by atoms with Crippen LogP contribution in [0.5, 0.6) is 0 Å². The molecule has 1 aromatic rings. The molecule has 88 valence electrons. The Morgan fingerprint density at radius 1 is 1.56 bits per heavy atom. The molecule has 5 nitrogen and oxygen atoms in total. The summed E-state index contributed by atoms with van der Waals surface area (Å²) in [6.45, 7) is 2.88. The zero-order valence-corrected chi connectivity index (χ0v) is 10.3. The van der Waals surface area contributed by atoms with E-state index in [1.165, 1.54) is 18.4 Å². The van der Waals surface area contributed by atoms with E-state index in [4.69, 9.17) is 16.3 Å². The Kier molecular flexibility index (Phi) is 3.63. The molecule has 1 aliphatic rings. The van der Waals surface area contributed by atoms with Gasteiger partial charge in [0.05, 0.1) is 20.3 Å². The molecule has 1 aliphatic heterocycles. The summed E-state index contributed by atoms with van der Waals surface area (Å²) in [4.78, 5) is 17.9. The quantitative estimate of drug-likeness (QED) is 0.755. The number of nitrogens with zero attached hydrogens (tertiary/aromatic N) is 2. The third-order valence-corrected chi connectivity index (χ3v) is 3.71. The molecular formula is C9H11ClN2O3S. The van der Waals surface area contributed by atoms with Gasteiger partial charge in [0, 0.05) is 13.1 Å². The van der Waals surface area contributed by atoms with Crippen LogP contribution in [-0.4, -0.2) is 44.4 Å². The van der Waals surface area contributed by atoms with Gasteiger partial charge in [0.1, 0.15) is 0 Å². The van der Waals surface area contributed by atoms with Crippen molar-refractivity contribution in [3.8, 4) is 0 Å². The molecule has 1 aromatic heterocycles. The number of rotatable bonds is 2. The van der Waals surface area contributed by atoms with Crippen LogP contribution in [0.1, 0.15) is 9.67 Å². The largest absolute Gasteiger partial charge is 0.465 e. The lowest BCUT2D eigenvalue weighted by atomic mass is 10.5. The Bertz CT molecular complexity index is 390. The predicted molar refractivity (Wildman–Crippen MR) is 61.5 cm³/mol. The SMILES string of the molecule is COC(=O)c1sc(N2CCOCC2)nc1Cl. The van der Waals surface area contributed by atoms with E-state index in [0.717, 1.165) is 18.2 Å². The number of thiazole rings is 1. The maximum atomic E-state index is 11.4. The van der Waals surface area contributed by atoms with E-state index >= 15 is 0 Å². The molecule has 1 saturated heterocycles. The first kappa shape index (κ1) is 11.6. The molecule has 0 radical (unpaired) electrons. The van der Waals surface area contributed by atoms with Crippen molar-refractivity contribution < 1.29 is 14.3 Å². The molecular weight excluding hydrogens is 252 g/mol. The van der Waals surface area contributed by atoms with Crippen molar-refractivity contribution in [2.75, 3.05) is 38.3 Å². The minimum atomic E-state index is -0.443. The number of carbonyl (C=O) groups is 1. The van der Waals surface area contributed by atoms with E-state index in [1.807, 2.05) is 4.90 Å². The van der Waals surface area contributed by atoms with Crippen molar-refractivity contribution in [3.05, 3.63) is 10.0 Å². The Morgan fingerprint density at radius 2 is 2.25 bits per heavy atom. The van der Waals surface area contributed by atoms with Crippen LogP contribution in [0, 0.1) is 0 Å². The predicted octanol–water partition coefficient (Wildman–Crippen LogP) is 1.42. The molecule has 0 bridgehead atoms. The fraction of sp³-hybridized carbons (Fsp3) is 0.556. The number of morpholine rings is 1.